The predicted molar refractivity (Wildman–Crippen MR) is 190 cm³/mol. The third-order valence-corrected chi connectivity index (χ3v) is 8.77. The number of rotatable bonds is 11. The second-order valence-corrected chi connectivity index (χ2v) is 12.0. The summed E-state index contributed by atoms with van der Waals surface area (Å²) in [7, 11) is 1.56. The molecule has 8 heteroatoms. The van der Waals surface area contributed by atoms with Crippen molar-refractivity contribution < 1.29 is 19.1 Å². The molecule has 1 atom stereocenters. The van der Waals surface area contributed by atoms with E-state index in [0.29, 0.717) is 22.6 Å². The minimum atomic E-state index is -0.512. The molecule has 5 aromatic rings. The van der Waals surface area contributed by atoms with Gasteiger partial charge in [0.05, 0.1) is 7.11 Å². The number of carbonyl (C=O) groups is 3. The molecule has 3 amide bonds. The van der Waals surface area contributed by atoms with Crippen LogP contribution in [0.4, 0.5) is 11.4 Å². The standard InChI is InChI=1S/C39H35N3O4S/c1-26-12-10-19-34(27(26)2)41-39(45)36(29-14-6-4-7-15-29)47-33-22-20-31(21-23-33)40-38(44)35(25-28-13-11-18-32(24-28)46-3)42-37(43)30-16-8-5-9-17-30/h4-25,36H,1-3H3,(H,40,44)(H,41,45)(H,42,43)/b35-25-. The Morgan fingerprint density at radius 2 is 1.43 bits per heavy atom. The number of nitrogens with one attached hydrogen (secondary N) is 3. The van der Waals surface area contributed by atoms with Crippen LogP contribution < -0.4 is 20.7 Å². The van der Waals surface area contributed by atoms with Gasteiger partial charge in [0.15, 0.2) is 0 Å². The molecule has 0 saturated heterocycles. The molecule has 236 valence electrons. The van der Waals surface area contributed by atoms with Gasteiger partial charge in [0.1, 0.15) is 16.7 Å². The van der Waals surface area contributed by atoms with E-state index in [1.54, 1.807) is 67.8 Å². The summed E-state index contributed by atoms with van der Waals surface area (Å²) in [5.74, 6) is -0.411. The fourth-order valence-electron chi connectivity index (χ4n) is 4.78. The maximum Gasteiger partial charge on any atom is 0.272 e. The van der Waals surface area contributed by atoms with Crippen LogP contribution in [-0.4, -0.2) is 24.8 Å². The Labute approximate surface area is 279 Å². The lowest BCUT2D eigenvalue weighted by Crippen LogP contribution is -2.30. The summed E-state index contributed by atoms with van der Waals surface area (Å²) >= 11 is 1.42. The number of benzene rings is 5. The van der Waals surface area contributed by atoms with E-state index in [9.17, 15) is 14.4 Å². The lowest BCUT2D eigenvalue weighted by Gasteiger charge is -2.19. The molecule has 0 spiro atoms. The topological polar surface area (TPSA) is 96.5 Å². The van der Waals surface area contributed by atoms with Gasteiger partial charge in [-0.1, -0.05) is 72.8 Å². The number of aryl methyl sites for hydroxylation is 1. The van der Waals surface area contributed by atoms with Crippen molar-refractivity contribution in [2.75, 3.05) is 17.7 Å². The van der Waals surface area contributed by atoms with Crippen LogP contribution in [0.25, 0.3) is 6.08 Å². The maximum atomic E-state index is 13.6. The monoisotopic (exact) mass is 641 g/mol. The molecule has 47 heavy (non-hydrogen) atoms. The number of methoxy groups -OCH3 is 1. The molecular formula is C39H35N3O4S. The van der Waals surface area contributed by atoms with E-state index >= 15 is 0 Å². The molecule has 0 fully saturated rings. The third-order valence-electron chi connectivity index (χ3n) is 7.50. The molecule has 7 nitrogen and oxygen atoms in total. The number of thioether (sulfide) groups is 1. The molecule has 0 radical (unpaired) electrons. The summed E-state index contributed by atoms with van der Waals surface area (Å²) in [6, 6.07) is 38.6. The largest absolute Gasteiger partial charge is 0.497 e. The normalized spacial score (nSPS) is 11.7. The number of ether oxygens (including phenoxy) is 1. The molecule has 0 aliphatic carbocycles. The fraction of sp³-hybridized carbons (Fsp3) is 0.103. The summed E-state index contributed by atoms with van der Waals surface area (Å²) in [6.07, 6.45) is 1.60. The SMILES string of the molecule is COc1cccc(/C=C(\NC(=O)c2ccccc2)C(=O)Nc2ccc(SC(C(=O)Nc3cccc(C)c3C)c3ccccc3)cc2)c1. The van der Waals surface area contributed by atoms with Crippen molar-refractivity contribution in [2.45, 2.75) is 24.0 Å². The van der Waals surface area contributed by atoms with E-state index in [2.05, 4.69) is 16.0 Å². The average molecular weight is 642 g/mol. The summed E-state index contributed by atoms with van der Waals surface area (Å²) in [6.45, 7) is 4.01. The van der Waals surface area contributed by atoms with E-state index < -0.39 is 17.1 Å². The van der Waals surface area contributed by atoms with Crippen LogP contribution in [0, 0.1) is 13.8 Å². The maximum absolute atomic E-state index is 13.6. The lowest BCUT2D eigenvalue weighted by molar-refractivity contribution is -0.116. The van der Waals surface area contributed by atoms with Crippen LogP contribution in [-0.2, 0) is 9.59 Å². The highest BCUT2D eigenvalue weighted by Gasteiger charge is 2.23. The number of hydrogen-bond acceptors (Lipinski definition) is 5. The van der Waals surface area contributed by atoms with Gasteiger partial charge in [-0.2, -0.15) is 0 Å². The minimum absolute atomic E-state index is 0.0674. The zero-order valence-electron chi connectivity index (χ0n) is 26.3. The van der Waals surface area contributed by atoms with Crippen LogP contribution in [0.5, 0.6) is 5.75 Å². The highest BCUT2D eigenvalue weighted by Crippen LogP contribution is 2.37. The van der Waals surface area contributed by atoms with Gasteiger partial charge in [0.2, 0.25) is 5.91 Å². The average Bonchev–Trinajstić information content (AvgIpc) is 3.10. The van der Waals surface area contributed by atoms with E-state index in [-0.39, 0.29) is 11.6 Å². The molecule has 5 aromatic carbocycles. The van der Waals surface area contributed by atoms with Gasteiger partial charge in [-0.05, 0) is 96.8 Å². The van der Waals surface area contributed by atoms with Crippen molar-refractivity contribution in [3.05, 3.63) is 161 Å². The lowest BCUT2D eigenvalue weighted by atomic mass is 10.1. The number of amides is 3. The summed E-state index contributed by atoms with van der Waals surface area (Å²) < 4.78 is 5.32. The molecule has 0 aromatic heterocycles. The van der Waals surface area contributed by atoms with Crippen molar-refractivity contribution in [1.29, 1.82) is 0 Å². The van der Waals surface area contributed by atoms with E-state index in [1.165, 1.54) is 11.8 Å². The summed E-state index contributed by atoms with van der Waals surface area (Å²) in [5.41, 5.74) is 5.49. The molecular weight excluding hydrogens is 607 g/mol. The van der Waals surface area contributed by atoms with Crippen LogP contribution in [0.1, 0.15) is 37.9 Å². The smallest absolute Gasteiger partial charge is 0.272 e. The molecule has 3 N–H and O–H groups in total. The van der Waals surface area contributed by atoms with Gasteiger partial charge >= 0.3 is 0 Å². The second-order valence-electron chi connectivity index (χ2n) is 10.8. The molecule has 0 aliphatic heterocycles. The highest BCUT2D eigenvalue weighted by atomic mass is 32.2. The highest BCUT2D eigenvalue weighted by molar-refractivity contribution is 8.00. The fourth-order valence-corrected chi connectivity index (χ4v) is 5.80. The molecule has 1 unspecified atom stereocenters. The molecule has 5 rings (SSSR count). The first-order valence-corrected chi connectivity index (χ1v) is 15.9. The van der Waals surface area contributed by atoms with Crippen molar-refractivity contribution in [1.82, 2.24) is 5.32 Å². The van der Waals surface area contributed by atoms with Crippen LogP contribution in [0.15, 0.2) is 138 Å². The number of anilines is 2. The van der Waals surface area contributed by atoms with E-state index in [1.807, 2.05) is 86.6 Å². The molecule has 0 aliphatic rings. The van der Waals surface area contributed by atoms with Crippen molar-refractivity contribution in [3.8, 4) is 5.75 Å². The van der Waals surface area contributed by atoms with Gasteiger partial charge in [-0.25, -0.2) is 0 Å². The Morgan fingerprint density at radius 1 is 0.745 bits per heavy atom. The van der Waals surface area contributed by atoms with Crippen LogP contribution in [0.3, 0.4) is 0 Å². The summed E-state index contributed by atoms with van der Waals surface area (Å²) in [5, 5.41) is 8.24. The Kier molecular flexibility index (Phi) is 10.9. The van der Waals surface area contributed by atoms with Gasteiger partial charge in [0, 0.05) is 21.8 Å². The van der Waals surface area contributed by atoms with Crippen LogP contribution in [0.2, 0.25) is 0 Å². The van der Waals surface area contributed by atoms with Gasteiger partial charge in [-0.15, -0.1) is 11.8 Å². The third kappa shape index (κ3) is 8.77. The van der Waals surface area contributed by atoms with Crippen molar-refractivity contribution in [2.24, 2.45) is 0 Å². The van der Waals surface area contributed by atoms with Crippen molar-refractivity contribution >= 4 is 46.9 Å². The summed E-state index contributed by atoms with van der Waals surface area (Å²) in [4.78, 5) is 41.0. The number of carbonyl (C=O) groups excluding carboxylic acids is 3. The zero-order valence-corrected chi connectivity index (χ0v) is 27.1. The molecule has 0 bridgehead atoms. The zero-order chi connectivity index (χ0) is 33.2. The second kappa shape index (κ2) is 15.6. The first-order valence-electron chi connectivity index (χ1n) is 15.0. The first-order chi connectivity index (χ1) is 22.8. The predicted octanol–water partition coefficient (Wildman–Crippen LogP) is 8.19. The molecule has 0 saturated carbocycles. The quantitative estimate of drug-likeness (QED) is 0.0998. The Bertz CT molecular complexity index is 1890. The molecule has 0 heterocycles. The van der Waals surface area contributed by atoms with Crippen LogP contribution >= 0.6 is 11.8 Å². The number of hydrogen-bond donors (Lipinski definition) is 3. The Morgan fingerprint density at radius 3 is 2.13 bits per heavy atom. The first kappa shape index (κ1) is 32.8. The van der Waals surface area contributed by atoms with Gasteiger partial charge < -0.3 is 20.7 Å². The Hall–Kier alpha value is -5.60. The van der Waals surface area contributed by atoms with Gasteiger partial charge in [0.25, 0.3) is 11.8 Å². The van der Waals surface area contributed by atoms with Crippen molar-refractivity contribution in [3.63, 3.8) is 0 Å². The Balaban J connectivity index is 1.34. The minimum Gasteiger partial charge on any atom is -0.497 e. The van der Waals surface area contributed by atoms with E-state index in [4.69, 9.17) is 4.74 Å². The van der Waals surface area contributed by atoms with E-state index in [0.717, 1.165) is 27.3 Å². The van der Waals surface area contributed by atoms with Gasteiger partial charge in [-0.3, -0.25) is 14.4 Å².